The van der Waals surface area contributed by atoms with Gasteiger partial charge < -0.3 is 5.32 Å². The minimum atomic E-state index is 0.215. The van der Waals surface area contributed by atoms with Crippen molar-refractivity contribution in [1.82, 2.24) is 4.37 Å². The van der Waals surface area contributed by atoms with Crippen molar-refractivity contribution in [2.45, 2.75) is 6.42 Å². The van der Waals surface area contributed by atoms with Gasteiger partial charge in [-0.05, 0) is 11.5 Å². The average molecular weight is 213 g/mol. The van der Waals surface area contributed by atoms with Gasteiger partial charge in [-0.3, -0.25) is 0 Å². The molecule has 1 rings (SSSR count). The lowest BCUT2D eigenvalue weighted by Gasteiger charge is -1.97. The summed E-state index contributed by atoms with van der Waals surface area (Å²) in [5, 5.41) is 20.7. The Morgan fingerprint density at radius 3 is 2.92 bits per heavy atom. The van der Waals surface area contributed by atoms with Crippen molar-refractivity contribution >= 4 is 28.1 Å². The molecule has 0 aliphatic rings. The van der Waals surface area contributed by atoms with Gasteiger partial charge in [-0.15, -0.1) is 0 Å². The van der Waals surface area contributed by atoms with Crippen molar-refractivity contribution < 1.29 is 0 Å². The molecular weight excluding hydrogens is 208 g/mol. The van der Waals surface area contributed by atoms with E-state index < -0.39 is 0 Å². The first kappa shape index (κ1) is 9.79. The maximum atomic E-state index is 8.67. The van der Waals surface area contributed by atoms with E-state index in [-0.39, 0.29) is 5.15 Å². The monoisotopic (exact) mass is 212 g/mol. The summed E-state index contributed by atoms with van der Waals surface area (Å²) in [4.78, 5) is 0. The molecule has 1 heterocycles. The van der Waals surface area contributed by atoms with Crippen LogP contribution in [0.2, 0.25) is 5.15 Å². The summed E-state index contributed by atoms with van der Waals surface area (Å²) in [6.45, 7) is 0.504. The fraction of sp³-hybridized carbons (Fsp3) is 0.286. The molecule has 4 nitrogen and oxygen atoms in total. The van der Waals surface area contributed by atoms with Crippen LogP contribution in [0, 0.1) is 22.7 Å². The molecule has 0 amide bonds. The molecule has 0 spiro atoms. The molecule has 0 unspecified atom stereocenters. The summed E-state index contributed by atoms with van der Waals surface area (Å²) in [5.41, 5.74) is 0.351. The molecule has 0 fully saturated rings. The highest BCUT2D eigenvalue weighted by molar-refractivity contribution is 7.10. The maximum Gasteiger partial charge on any atom is 0.162 e. The van der Waals surface area contributed by atoms with Crippen LogP contribution in [0.25, 0.3) is 0 Å². The molecule has 6 heteroatoms. The van der Waals surface area contributed by atoms with Crippen molar-refractivity contribution in [3.63, 3.8) is 0 Å². The highest BCUT2D eigenvalue weighted by Crippen LogP contribution is 2.27. The summed E-state index contributed by atoms with van der Waals surface area (Å²) < 4.78 is 3.81. The van der Waals surface area contributed by atoms with E-state index in [2.05, 4.69) is 9.69 Å². The Kier molecular flexibility index (Phi) is 3.51. The standard InChI is InChI=1S/C7H5ClN4S/c8-6-5(4-10)7(13-12-6)11-3-1-2-9/h11H,1,3H2. The topological polar surface area (TPSA) is 72.5 Å². The van der Waals surface area contributed by atoms with Crippen LogP contribution in [-0.2, 0) is 0 Å². The van der Waals surface area contributed by atoms with Gasteiger partial charge in [-0.25, -0.2) is 0 Å². The zero-order chi connectivity index (χ0) is 9.68. The number of nitrogens with zero attached hydrogens (tertiary/aromatic N) is 3. The highest BCUT2D eigenvalue weighted by atomic mass is 35.5. The molecule has 1 N–H and O–H groups in total. The molecule has 1 aromatic heterocycles. The largest absolute Gasteiger partial charge is 0.373 e. The van der Waals surface area contributed by atoms with Crippen molar-refractivity contribution in [3.05, 3.63) is 10.7 Å². The molecule has 0 aliphatic carbocycles. The molecule has 0 aromatic carbocycles. The second-order valence-electron chi connectivity index (χ2n) is 2.12. The Morgan fingerprint density at radius 2 is 2.31 bits per heavy atom. The molecule has 0 radical (unpaired) electrons. The first-order valence-electron chi connectivity index (χ1n) is 3.45. The van der Waals surface area contributed by atoms with Crippen LogP contribution >= 0.6 is 23.1 Å². The SMILES string of the molecule is N#CCCNc1snc(Cl)c1C#N. The van der Waals surface area contributed by atoms with Gasteiger partial charge in [0.15, 0.2) is 5.15 Å². The molecule has 1 aromatic rings. The number of aromatic nitrogens is 1. The van der Waals surface area contributed by atoms with Gasteiger partial charge in [0, 0.05) is 6.54 Å². The number of hydrogen-bond acceptors (Lipinski definition) is 5. The summed E-state index contributed by atoms with van der Waals surface area (Å²) in [6, 6.07) is 3.93. The smallest absolute Gasteiger partial charge is 0.162 e. The number of nitriles is 2. The maximum absolute atomic E-state index is 8.67. The van der Waals surface area contributed by atoms with E-state index in [4.69, 9.17) is 22.1 Å². The summed E-state index contributed by atoms with van der Waals surface area (Å²) in [5.74, 6) is 0. The van der Waals surface area contributed by atoms with Gasteiger partial charge in [0.2, 0.25) is 0 Å². The third kappa shape index (κ3) is 2.32. The lowest BCUT2D eigenvalue weighted by Crippen LogP contribution is -1.99. The highest BCUT2D eigenvalue weighted by Gasteiger charge is 2.10. The minimum Gasteiger partial charge on any atom is -0.373 e. The van der Waals surface area contributed by atoms with Crippen molar-refractivity contribution in [2.75, 3.05) is 11.9 Å². The zero-order valence-corrected chi connectivity index (χ0v) is 8.11. The van der Waals surface area contributed by atoms with Crippen LogP contribution in [0.5, 0.6) is 0 Å². The van der Waals surface area contributed by atoms with Crippen molar-refractivity contribution in [2.24, 2.45) is 0 Å². The molecule has 0 saturated heterocycles. The second-order valence-corrected chi connectivity index (χ2v) is 3.26. The summed E-state index contributed by atoms with van der Waals surface area (Å²) in [6.07, 6.45) is 0.389. The Labute approximate surface area is 84.5 Å². The number of hydrogen-bond donors (Lipinski definition) is 1. The second kappa shape index (κ2) is 4.66. The number of halogens is 1. The molecule has 0 atom stereocenters. The van der Waals surface area contributed by atoms with E-state index in [9.17, 15) is 0 Å². The van der Waals surface area contributed by atoms with E-state index in [0.717, 1.165) is 11.5 Å². The number of nitrogens with one attached hydrogen (secondary N) is 1. The van der Waals surface area contributed by atoms with Crippen LogP contribution in [0.4, 0.5) is 5.00 Å². The molecule has 13 heavy (non-hydrogen) atoms. The minimum absolute atomic E-state index is 0.215. The Bertz CT molecular complexity index is 373. The van der Waals surface area contributed by atoms with Gasteiger partial charge in [-0.1, -0.05) is 11.6 Å². The predicted molar refractivity (Wildman–Crippen MR) is 50.6 cm³/mol. The first-order valence-corrected chi connectivity index (χ1v) is 4.60. The van der Waals surface area contributed by atoms with Gasteiger partial charge >= 0.3 is 0 Å². The quantitative estimate of drug-likeness (QED) is 0.778. The summed E-state index contributed by atoms with van der Waals surface area (Å²) >= 11 is 6.76. The molecule has 0 bridgehead atoms. The van der Waals surface area contributed by atoms with Crippen molar-refractivity contribution in [3.8, 4) is 12.1 Å². The van der Waals surface area contributed by atoms with Crippen LogP contribution < -0.4 is 5.32 Å². The Morgan fingerprint density at radius 1 is 1.54 bits per heavy atom. The Hall–Kier alpha value is -1.30. The van der Waals surface area contributed by atoms with Gasteiger partial charge in [0.05, 0.1) is 12.5 Å². The fourth-order valence-electron chi connectivity index (χ4n) is 0.720. The number of anilines is 1. The zero-order valence-electron chi connectivity index (χ0n) is 6.54. The lowest BCUT2D eigenvalue weighted by atomic mass is 10.4. The average Bonchev–Trinajstić information content (AvgIpc) is 2.47. The van der Waals surface area contributed by atoms with E-state index in [1.807, 2.05) is 12.1 Å². The van der Waals surface area contributed by atoms with Crippen LogP contribution in [-0.4, -0.2) is 10.9 Å². The summed E-state index contributed by atoms with van der Waals surface area (Å²) in [7, 11) is 0. The van der Waals surface area contributed by atoms with Crippen LogP contribution in [0.3, 0.4) is 0 Å². The molecular formula is C7H5ClN4S. The Balaban J connectivity index is 2.68. The number of rotatable bonds is 3. The van der Waals surface area contributed by atoms with Crippen molar-refractivity contribution in [1.29, 1.82) is 10.5 Å². The van der Waals surface area contributed by atoms with Gasteiger partial charge in [-0.2, -0.15) is 14.9 Å². The van der Waals surface area contributed by atoms with E-state index in [0.29, 0.717) is 23.5 Å². The molecule has 0 saturated carbocycles. The van der Waals surface area contributed by atoms with E-state index >= 15 is 0 Å². The fourth-order valence-corrected chi connectivity index (χ4v) is 1.68. The third-order valence-corrected chi connectivity index (χ3v) is 2.46. The lowest BCUT2D eigenvalue weighted by molar-refractivity contribution is 1.08. The van der Waals surface area contributed by atoms with E-state index in [1.165, 1.54) is 0 Å². The van der Waals surface area contributed by atoms with Gasteiger partial charge in [0.25, 0.3) is 0 Å². The van der Waals surface area contributed by atoms with Gasteiger partial charge in [0.1, 0.15) is 16.6 Å². The predicted octanol–water partition coefficient (Wildman–Crippen LogP) is 1.99. The van der Waals surface area contributed by atoms with E-state index in [1.54, 1.807) is 0 Å². The normalized spacial score (nSPS) is 8.85. The first-order chi connectivity index (χ1) is 6.29. The molecule has 66 valence electrons. The van der Waals surface area contributed by atoms with Crippen LogP contribution in [0.1, 0.15) is 12.0 Å². The molecule has 0 aliphatic heterocycles. The van der Waals surface area contributed by atoms with Crippen LogP contribution in [0.15, 0.2) is 0 Å². The third-order valence-electron chi connectivity index (χ3n) is 1.28.